The van der Waals surface area contributed by atoms with Gasteiger partial charge in [0.15, 0.2) is 0 Å². The Morgan fingerprint density at radius 1 is 1.16 bits per heavy atom. The second kappa shape index (κ2) is 8.48. The first-order chi connectivity index (χ1) is 11.9. The van der Waals surface area contributed by atoms with E-state index in [0.717, 1.165) is 22.6 Å². The number of methoxy groups -OCH3 is 1. The van der Waals surface area contributed by atoms with E-state index in [-0.39, 0.29) is 24.9 Å². The Labute approximate surface area is 147 Å². The fourth-order valence-electron chi connectivity index (χ4n) is 2.72. The Morgan fingerprint density at radius 2 is 1.92 bits per heavy atom. The largest absolute Gasteiger partial charge is 0.469 e. The molecule has 0 atom stereocenters. The zero-order valence-corrected chi connectivity index (χ0v) is 15.1. The fourth-order valence-corrected chi connectivity index (χ4v) is 2.72. The van der Waals surface area contributed by atoms with E-state index in [2.05, 4.69) is 16.3 Å². The van der Waals surface area contributed by atoms with Crippen LogP contribution in [0.2, 0.25) is 0 Å². The summed E-state index contributed by atoms with van der Waals surface area (Å²) in [6, 6.07) is 9.95. The summed E-state index contributed by atoms with van der Waals surface area (Å²) in [7, 11) is 1.34. The van der Waals surface area contributed by atoms with Crippen LogP contribution in [0, 0.1) is 20.8 Å². The molecule has 1 heterocycles. The zero-order chi connectivity index (χ0) is 18.4. The van der Waals surface area contributed by atoms with Crippen LogP contribution in [0.5, 0.6) is 0 Å². The number of esters is 1. The molecule has 0 radical (unpaired) electrons. The monoisotopic (exact) mass is 344 g/mol. The van der Waals surface area contributed by atoms with Crippen molar-refractivity contribution in [3.63, 3.8) is 0 Å². The lowest BCUT2D eigenvalue weighted by Gasteiger charge is -2.11. The number of carbonyl (C=O) groups excluding carboxylic acids is 2. The lowest BCUT2D eigenvalue weighted by Crippen LogP contribution is -2.25. The second-order valence-corrected chi connectivity index (χ2v) is 5.92. The van der Waals surface area contributed by atoms with Gasteiger partial charge in [-0.3, -0.25) is 14.4 Å². The van der Waals surface area contributed by atoms with Gasteiger partial charge in [0, 0.05) is 23.5 Å². The number of hydrogen-bond donors (Lipinski definition) is 1. The van der Waals surface area contributed by atoms with Gasteiger partial charge < -0.3 is 9.30 Å². The molecule has 0 bridgehead atoms. The number of ether oxygens (including phenoxy) is 1. The summed E-state index contributed by atoms with van der Waals surface area (Å²) in [5.74, 6) is -0.596. The van der Waals surface area contributed by atoms with Gasteiger partial charge in [-0.2, -0.15) is 0 Å². The van der Waals surface area contributed by atoms with Crippen molar-refractivity contribution in [2.24, 2.45) is 0 Å². The van der Waals surface area contributed by atoms with E-state index in [4.69, 9.17) is 4.84 Å². The van der Waals surface area contributed by atoms with Crippen LogP contribution in [0.25, 0.3) is 5.69 Å². The predicted octanol–water partition coefficient (Wildman–Crippen LogP) is 3.02. The van der Waals surface area contributed by atoms with E-state index >= 15 is 0 Å². The smallest absolute Gasteiger partial charge is 0.305 e. The summed E-state index contributed by atoms with van der Waals surface area (Å²) in [6.07, 6.45) is 0.740. The second-order valence-electron chi connectivity index (χ2n) is 5.92. The van der Waals surface area contributed by atoms with Gasteiger partial charge in [-0.05, 0) is 51.0 Å². The lowest BCUT2D eigenvalue weighted by atomic mass is 10.2. The molecule has 1 N–H and O–H groups in total. The number of nitrogens with one attached hydrogen (secondary N) is 1. The maximum Gasteiger partial charge on any atom is 0.305 e. The van der Waals surface area contributed by atoms with Crippen molar-refractivity contribution in [1.29, 1.82) is 0 Å². The number of hydrogen-bond acceptors (Lipinski definition) is 4. The molecular weight excluding hydrogens is 320 g/mol. The van der Waals surface area contributed by atoms with Gasteiger partial charge in [0.25, 0.3) is 5.91 Å². The van der Waals surface area contributed by atoms with Crippen LogP contribution in [0.4, 0.5) is 0 Å². The number of aryl methyl sites for hydroxylation is 2. The highest BCUT2D eigenvalue weighted by molar-refractivity contribution is 5.95. The average molecular weight is 344 g/mol. The molecule has 0 unspecified atom stereocenters. The maximum absolute atomic E-state index is 12.3. The number of hydroxylamine groups is 1. The lowest BCUT2D eigenvalue weighted by molar-refractivity contribution is -0.141. The number of aromatic nitrogens is 1. The molecule has 0 saturated heterocycles. The molecule has 0 aliphatic rings. The summed E-state index contributed by atoms with van der Waals surface area (Å²) in [4.78, 5) is 28.5. The van der Waals surface area contributed by atoms with Gasteiger partial charge in [-0.25, -0.2) is 5.48 Å². The molecule has 0 saturated carbocycles. The topological polar surface area (TPSA) is 69.6 Å². The first-order valence-corrected chi connectivity index (χ1v) is 8.19. The Morgan fingerprint density at radius 3 is 2.60 bits per heavy atom. The third-order valence-corrected chi connectivity index (χ3v) is 3.96. The van der Waals surface area contributed by atoms with Gasteiger partial charge in [0.1, 0.15) is 0 Å². The Kier molecular flexibility index (Phi) is 6.36. The minimum atomic E-state index is -0.301. The highest BCUT2D eigenvalue weighted by atomic mass is 16.6. The third-order valence-electron chi connectivity index (χ3n) is 3.96. The van der Waals surface area contributed by atoms with Gasteiger partial charge in [0.2, 0.25) is 0 Å². The molecule has 2 rings (SSSR count). The minimum absolute atomic E-state index is 0.247. The molecule has 0 aliphatic carbocycles. The van der Waals surface area contributed by atoms with Gasteiger partial charge >= 0.3 is 5.97 Å². The van der Waals surface area contributed by atoms with E-state index in [1.165, 1.54) is 7.11 Å². The van der Waals surface area contributed by atoms with Crippen molar-refractivity contribution in [3.05, 3.63) is 52.8 Å². The molecule has 1 aromatic heterocycles. The molecule has 0 aliphatic heterocycles. The number of benzene rings is 1. The standard InChI is InChI=1S/C19H24N2O4/c1-13-7-5-8-16(11-13)21-14(2)12-17(15(21)3)19(23)20-25-10-6-9-18(22)24-4/h5,7-8,11-12H,6,9-10H2,1-4H3,(H,20,23). The van der Waals surface area contributed by atoms with Crippen molar-refractivity contribution >= 4 is 11.9 Å². The van der Waals surface area contributed by atoms with Gasteiger partial charge in [-0.1, -0.05) is 12.1 Å². The van der Waals surface area contributed by atoms with Crippen LogP contribution in [0.15, 0.2) is 30.3 Å². The third kappa shape index (κ3) is 4.70. The van der Waals surface area contributed by atoms with E-state index in [1.807, 2.05) is 49.6 Å². The van der Waals surface area contributed by atoms with Crippen LogP contribution in [-0.2, 0) is 14.4 Å². The van der Waals surface area contributed by atoms with Crippen LogP contribution in [-0.4, -0.2) is 30.2 Å². The minimum Gasteiger partial charge on any atom is -0.469 e. The number of amides is 1. The summed E-state index contributed by atoms with van der Waals surface area (Å²) >= 11 is 0. The quantitative estimate of drug-likeness (QED) is 0.476. The fraction of sp³-hybridized carbons (Fsp3) is 0.368. The van der Waals surface area contributed by atoms with E-state index < -0.39 is 0 Å². The van der Waals surface area contributed by atoms with Crippen molar-refractivity contribution in [3.8, 4) is 5.69 Å². The average Bonchev–Trinajstić information content (AvgIpc) is 2.88. The van der Waals surface area contributed by atoms with Gasteiger partial charge in [-0.15, -0.1) is 0 Å². The highest BCUT2D eigenvalue weighted by Gasteiger charge is 2.16. The summed E-state index contributed by atoms with van der Waals surface area (Å²) in [5, 5.41) is 0. The summed E-state index contributed by atoms with van der Waals surface area (Å²) in [6.45, 7) is 6.15. The van der Waals surface area contributed by atoms with Crippen LogP contribution in [0.3, 0.4) is 0 Å². The zero-order valence-electron chi connectivity index (χ0n) is 15.1. The van der Waals surface area contributed by atoms with E-state index in [1.54, 1.807) is 0 Å². The molecule has 6 heteroatoms. The molecule has 0 fully saturated rings. The Balaban J connectivity index is 2.02. The SMILES string of the molecule is COC(=O)CCCONC(=O)c1cc(C)n(-c2cccc(C)c2)c1C. The van der Waals surface area contributed by atoms with Crippen molar-refractivity contribution < 1.29 is 19.2 Å². The van der Waals surface area contributed by atoms with Gasteiger partial charge in [0.05, 0.1) is 19.3 Å². The maximum atomic E-state index is 12.3. The molecule has 1 amide bonds. The van der Waals surface area contributed by atoms with Crippen molar-refractivity contribution in [2.45, 2.75) is 33.6 Å². The summed E-state index contributed by atoms with van der Waals surface area (Å²) in [5.41, 5.74) is 6.99. The molecular formula is C19H24N2O4. The number of rotatable bonds is 7. The normalized spacial score (nSPS) is 10.6. The van der Waals surface area contributed by atoms with E-state index in [9.17, 15) is 9.59 Å². The molecule has 1 aromatic carbocycles. The Hall–Kier alpha value is -2.60. The molecule has 0 spiro atoms. The first-order valence-electron chi connectivity index (χ1n) is 8.19. The van der Waals surface area contributed by atoms with Crippen molar-refractivity contribution in [1.82, 2.24) is 10.0 Å². The highest BCUT2D eigenvalue weighted by Crippen LogP contribution is 2.21. The number of nitrogens with zero attached hydrogens (tertiary/aromatic N) is 1. The predicted molar refractivity (Wildman–Crippen MR) is 94.6 cm³/mol. The Bertz CT molecular complexity index is 765. The molecule has 134 valence electrons. The summed E-state index contributed by atoms with van der Waals surface area (Å²) < 4.78 is 6.59. The van der Waals surface area contributed by atoms with Crippen LogP contribution in [0.1, 0.15) is 40.2 Å². The van der Waals surface area contributed by atoms with E-state index in [0.29, 0.717) is 12.0 Å². The molecule has 25 heavy (non-hydrogen) atoms. The molecule has 6 nitrogen and oxygen atoms in total. The number of carbonyl (C=O) groups is 2. The molecule has 2 aromatic rings. The van der Waals surface area contributed by atoms with Crippen LogP contribution < -0.4 is 5.48 Å². The van der Waals surface area contributed by atoms with Crippen molar-refractivity contribution in [2.75, 3.05) is 13.7 Å². The van der Waals surface area contributed by atoms with Crippen LogP contribution >= 0.6 is 0 Å². The first kappa shape index (κ1) is 18.7.